The average Bonchev–Trinajstić information content (AvgIpc) is 2.75. The molecule has 0 atom stereocenters. The molecule has 0 N–H and O–H groups in total. The second-order valence-corrected chi connectivity index (χ2v) is 11.3. The van der Waals surface area contributed by atoms with Crippen LogP contribution in [-0.2, 0) is 6.16 Å². The third-order valence-electron chi connectivity index (χ3n) is 4.92. The second kappa shape index (κ2) is 8.37. The van der Waals surface area contributed by atoms with Gasteiger partial charge in [-0.3, -0.25) is 0 Å². The van der Waals surface area contributed by atoms with E-state index in [-0.39, 0.29) is 0 Å². The van der Waals surface area contributed by atoms with Crippen LogP contribution in [0.25, 0.3) is 0 Å². The Balaban J connectivity index is 1.98. The minimum absolute atomic E-state index is 1.03. The van der Waals surface area contributed by atoms with Gasteiger partial charge < -0.3 is 0 Å². The van der Waals surface area contributed by atoms with Crippen molar-refractivity contribution in [3.63, 3.8) is 0 Å². The molecule has 0 aromatic heterocycles. The van der Waals surface area contributed by atoms with Crippen LogP contribution in [0.15, 0.2) is 115 Å². The fraction of sp³-hybridized carbons (Fsp3) is 0.0400. The lowest BCUT2D eigenvalue weighted by Gasteiger charge is -2.27. The third kappa shape index (κ3) is 3.85. The van der Waals surface area contributed by atoms with Crippen molar-refractivity contribution in [3.05, 3.63) is 124 Å². The normalized spacial score (nSPS) is 11.3. The van der Waals surface area contributed by atoms with Crippen LogP contribution in [0, 0.1) is 3.57 Å². The van der Waals surface area contributed by atoms with Gasteiger partial charge in [-0.15, -0.1) is 0 Å². The fourth-order valence-electron chi connectivity index (χ4n) is 3.63. The van der Waals surface area contributed by atoms with Crippen molar-refractivity contribution in [1.29, 1.82) is 0 Å². The molecule has 0 fully saturated rings. The highest BCUT2D eigenvalue weighted by Gasteiger charge is 2.45. The van der Waals surface area contributed by atoms with Crippen LogP contribution in [0.3, 0.4) is 0 Å². The van der Waals surface area contributed by atoms with Crippen LogP contribution < -0.4 is 15.9 Å². The van der Waals surface area contributed by atoms with Crippen molar-refractivity contribution in [3.8, 4) is 0 Å². The standard InChI is InChI=1S/C25H21IP/c26-22-18-16-21(17-19-22)20-27(23-10-4-1-5-11-23,24-12-6-2-7-13-24)25-14-8-3-9-15-25/h1-19H,20H2/q+1. The molecule has 0 amide bonds. The van der Waals surface area contributed by atoms with Crippen LogP contribution in [0.2, 0.25) is 0 Å². The first-order valence-corrected chi connectivity index (χ1v) is 12.1. The molecule has 4 aromatic rings. The van der Waals surface area contributed by atoms with E-state index in [1.165, 1.54) is 25.0 Å². The van der Waals surface area contributed by atoms with Gasteiger partial charge in [0, 0.05) is 3.57 Å². The molecule has 0 aliphatic carbocycles. The first kappa shape index (κ1) is 18.4. The number of rotatable bonds is 5. The maximum Gasteiger partial charge on any atom is 0.116 e. The van der Waals surface area contributed by atoms with Gasteiger partial charge in [0.1, 0.15) is 23.2 Å². The molecule has 0 spiro atoms. The summed E-state index contributed by atoms with van der Waals surface area (Å²) >= 11 is 2.38. The highest BCUT2D eigenvalue weighted by Crippen LogP contribution is 2.58. The predicted molar refractivity (Wildman–Crippen MR) is 128 cm³/mol. The maximum atomic E-state index is 2.38. The predicted octanol–water partition coefficient (Wildman–Crippen LogP) is 5.79. The lowest BCUT2D eigenvalue weighted by atomic mass is 10.2. The summed E-state index contributed by atoms with van der Waals surface area (Å²) in [5, 5.41) is 4.29. The SMILES string of the molecule is Ic1ccc(C[P+](c2ccccc2)(c2ccccc2)c2ccccc2)cc1. The molecular formula is C25H21IP+. The largest absolute Gasteiger partial charge is 0.116 e. The summed E-state index contributed by atoms with van der Waals surface area (Å²) in [6.45, 7) is 0. The van der Waals surface area contributed by atoms with Gasteiger partial charge in [0.2, 0.25) is 0 Å². The van der Waals surface area contributed by atoms with Gasteiger partial charge in [-0.2, -0.15) is 0 Å². The van der Waals surface area contributed by atoms with Crippen LogP contribution in [0.4, 0.5) is 0 Å². The topological polar surface area (TPSA) is 0 Å². The average molecular weight is 479 g/mol. The van der Waals surface area contributed by atoms with Crippen molar-refractivity contribution in [1.82, 2.24) is 0 Å². The molecule has 27 heavy (non-hydrogen) atoms. The summed E-state index contributed by atoms with van der Waals surface area (Å²) in [7, 11) is -1.79. The zero-order valence-electron chi connectivity index (χ0n) is 15.0. The Morgan fingerprint density at radius 1 is 0.481 bits per heavy atom. The van der Waals surface area contributed by atoms with E-state index in [1.807, 2.05) is 0 Å². The van der Waals surface area contributed by atoms with E-state index < -0.39 is 7.26 Å². The van der Waals surface area contributed by atoms with E-state index in [0.29, 0.717) is 0 Å². The van der Waals surface area contributed by atoms with Crippen molar-refractivity contribution >= 4 is 45.8 Å². The third-order valence-corrected chi connectivity index (χ3v) is 10.0. The lowest BCUT2D eigenvalue weighted by Crippen LogP contribution is -2.32. The molecular weight excluding hydrogens is 458 g/mol. The van der Waals surface area contributed by atoms with Gasteiger partial charge in [-0.25, -0.2) is 0 Å². The van der Waals surface area contributed by atoms with Crippen molar-refractivity contribution in [2.45, 2.75) is 6.16 Å². The van der Waals surface area contributed by atoms with Gasteiger partial charge in [-0.1, -0.05) is 66.7 Å². The van der Waals surface area contributed by atoms with E-state index in [2.05, 4.69) is 138 Å². The van der Waals surface area contributed by atoms with Crippen LogP contribution in [0.1, 0.15) is 5.56 Å². The quantitative estimate of drug-likeness (QED) is 0.251. The van der Waals surface area contributed by atoms with Gasteiger partial charge in [0.05, 0.1) is 6.16 Å². The number of hydrogen-bond acceptors (Lipinski definition) is 0. The zero-order valence-corrected chi connectivity index (χ0v) is 18.1. The number of benzene rings is 4. The molecule has 0 radical (unpaired) electrons. The van der Waals surface area contributed by atoms with Crippen LogP contribution >= 0.6 is 29.9 Å². The minimum Gasteiger partial charge on any atom is -0.0620 e. The summed E-state index contributed by atoms with van der Waals surface area (Å²) in [6, 6.07) is 42.2. The Kier molecular flexibility index (Phi) is 5.71. The Morgan fingerprint density at radius 2 is 0.852 bits per heavy atom. The fourth-order valence-corrected chi connectivity index (χ4v) is 8.24. The van der Waals surface area contributed by atoms with Crippen molar-refractivity contribution < 1.29 is 0 Å². The summed E-state index contributed by atoms with van der Waals surface area (Å²) in [6.07, 6.45) is 1.03. The molecule has 4 rings (SSSR count). The Labute approximate surface area is 175 Å². The smallest absolute Gasteiger partial charge is 0.0620 e. The molecule has 0 saturated heterocycles. The Morgan fingerprint density at radius 3 is 1.22 bits per heavy atom. The molecule has 4 aromatic carbocycles. The highest BCUT2D eigenvalue weighted by atomic mass is 127. The van der Waals surface area contributed by atoms with E-state index in [4.69, 9.17) is 0 Å². The molecule has 0 unspecified atom stereocenters. The maximum absolute atomic E-state index is 2.38. The van der Waals surface area contributed by atoms with Gasteiger partial charge in [0.15, 0.2) is 0 Å². The van der Waals surface area contributed by atoms with Gasteiger partial charge in [-0.05, 0) is 76.7 Å². The lowest BCUT2D eigenvalue weighted by molar-refractivity contribution is 1.38. The van der Waals surface area contributed by atoms with Gasteiger partial charge in [0.25, 0.3) is 0 Å². The van der Waals surface area contributed by atoms with E-state index in [9.17, 15) is 0 Å². The van der Waals surface area contributed by atoms with Gasteiger partial charge >= 0.3 is 0 Å². The van der Waals surface area contributed by atoms with Crippen LogP contribution in [-0.4, -0.2) is 0 Å². The summed E-state index contributed by atoms with van der Waals surface area (Å²) in [5.41, 5.74) is 1.39. The molecule has 0 bridgehead atoms. The summed E-state index contributed by atoms with van der Waals surface area (Å²) in [5.74, 6) is 0. The highest BCUT2D eigenvalue weighted by molar-refractivity contribution is 14.1. The molecule has 0 aliphatic rings. The molecule has 0 aliphatic heterocycles. The van der Waals surface area contributed by atoms with Crippen molar-refractivity contribution in [2.75, 3.05) is 0 Å². The molecule has 0 saturated carbocycles. The molecule has 132 valence electrons. The number of hydrogen-bond donors (Lipinski definition) is 0. The first-order chi connectivity index (χ1) is 13.3. The van der Waals surface area contributed by atoms with E-state index in [1.54, 1.807) is 0 Å². The Hall–Kier alpha value is -1.96. The zero-order chi connectivity index (χ0) is 18.5. The van der Waals surface area contributed by atoms with E-state index in [0.717, 1.165) is 6.16 Å². The van der Waals surface area contributed by atoms with Crippen LogP contribution in [0.5, 0.6) is 0 Å². The molecule has 0 nitrogen and oxygen atoms in total. The summed E-state index contributed by atoms with van der Waals surface area (Å²) in [4.78, 5) is 0. The van der Waals surface area contributed by atoms with E-state index >= 15 is 0 Å². The molecule has 0 heterocycles. The van der Waals surface area contributed by atoms with Crippen molar-refractivity contribution in [2.24, 2.45) is 0 Å². The Bertz CT molecular complexity index is 884. The monoisotopic (exact) mass is 479 g/mol. The first-order valence-electron chi connectivity index (χ1n) is 9.08. The second-order valence-electron chi connectivity index (χ2n) is 6.60. The minimum atomic E-state index is -1.79. The summed E-state index contributed by atoms with van der Waals surface area (Å²) < 4.78 is 1.28. The molecule has 2 heteroatoms. The number of halogens is 1.